The highest BCUT2D eigenvalue weighted by atomic mass is 16.5. The van der Waals surface area contributed by atoms with Crippen molar-refractivity contribution < 1.29 is 14.3 Å². The lowest BCUT2D eigenvalue weighted by Gasteiger charge is -2.19. The molecule has 1 N–H and O–H groups in total. The fraction of sp³-hybridized carbons (Fsp3) is 0.318. The molecule has 3 rings (SSSR count). The van der Waals surface area contributed by atoms with E-state index in [1.165, 1.54) is 0 Å². The molecule has 1 aromatic heterocycles. The van der Waals surface area contributed by atoms with E-state index >= 15 is 0 Å². The van der Waals surface area contributed by atoms with Crippen LogP contribution in [0.5, 0.6) is 11.5 Å². The minimum Gasteiger partial charge on any atom is -0.490 e. The van der Waals surface area contributed by atoms with Crippen molar-refractivity contribution in [1.82, 2.24) is 10.2 Å². The molecule has 0 aliphatic rings. The normalized spacial score (nSPS) is 10.6. The molecular weight excluding hydrogens is 368 g/mol. The molecule has 0 aliphatic carbocycles. The zero-order valence-corrected chi connectivity index (χ0v) is 17.2. The van der Waals surface area contributed by atoms with Gasteiger partial charge in [0.05, 0.1) is 25.5 Å². The van der Waals surface area contributed by atoms with E-state index in [-0.39, 0.29) is 12.5 Å². The van der Waals surface area contributed by atoms with Gasteiger partial charge in [0.25, 0.3) is 0 Å². The predicted molar refractivity (Wildman–Crippen MR) is 115 cm³/mol. The number of carbonyl (C=O) groups is 1. The van der Waals surface area contributed by atoms with Crippen molar-refractivity contribution in [1.29, 1.82) is 0 Å². The number of fused-ring (bicyclic) bond motifs is 1. The molecule has 0 spiro atoms. The molecule has 152 valence electrons. The summed E-state index contributed by atoms with van der Waals surface area (Å²) in [5.41, 5.74) is 1.51. The molecule has 0 saturated heterocycles. The summed E-state index contributed by atoms with van der Waals surface area (Å²) >= 11 is 0. The summed E-state index contributed by atoms with van der Waals surface area (Å²) in [6, 6.07) is 13.3. The third-order valence-electron chi connectivity index (χ3n) is 4.42. The summed E-state index contributed by atoms with van der Waals surface area (Å²) in [6.07, 6.45) is 0. The van der Waals surface area contributed by atoms with Crippen LogP contribution < -0.4 is 19.7 Å². The smallest absolute Gasteiger partial charge is 0.243 e. The van der Waals surface area contributed by atoms with Crippen LogP contribution in [0.25, 0.3) is 10.8 Å². The third-order valence-corrected chi connectivity index (χ3v) is 4.42. The maximum absolute atomic E-state index is 12.6. The van der Waals surface area contributed by atoms with Crippen molar-refractivity contribution in [2.45, 2.75) is 20.8 Å². The predicted octanol–water partition coefficient (Wildman–Crippen LogP) is 3.81. The quantitative estimate of drug-likeness (QED) is 0.626. The highest BCUT2D eigenvalue weighted by Gasteiger charge is 2.15. The van der Waals surface area contributed by atoms with Crippen LogP contribution >= 0.6 is 0 Å². The summed E-state index contributed by atoms with van der Waals surface area (Å²) in [5.74, 6) is 1.77. The minimum atomic E-state index is -0.162. The molecule has 0 fully saturated rings. The van der Waals surface area contributed by atoms with E-state index in [2.05, 4.69) is 15.5 Å². The van der Waals surface area contributed by atoms with Crippen LogP contribution in [0.2, 0.25) is 0 Å². The van der Waals surface area contributed by atoms with Crippen molar-refractivity contribution in [3.8, 4) is 11.5 Å². The fourth-order valence-corrected chi connectivity index (χ4v) is 3.13. The first-order valence-corrected chi connectivity index (χ1v) is 9.66. The van der Waals surface area contributed by atoms with E-state index in [9.17, 15) is 4.79 Å². The number of aryl methyl sites for hydroxylation is 1. The highest BCUT2D eigenvalue weighted by Crippen LogP contribution is 2.31. The molecule has 0 aliphatic heterocycles. The SMILES string of the molecule is CCOc1ccc(NC(=O)CN(C)c2nnc(C)c3ccccc23)cc1OCC. The maximum atomic E-state index is 12.6. The van der Waals surface area contributed by atoms with E-state index in [1.54, 1.807) is 23.1 Å². The monoisotopic (exact) mass is 394 g/mol. The largest absolute Gasteiger partial charge is 0.490 e. The number of nitrogens with one attached hydrogen (secondary N) is 1. The zero-order valence-electron chi connectivity index (χ0n) is 17.2. The van der Waals surface area contributed by atoms with Crippen molar-refractivity contribution in [2.75, 3.05) is 37.0 Å². The van der Waals surface area contributed by atoms with Crippen LogP contribution in [0.1, 0.15) is 19.5 Å². The van der Waals surface area contributed by atoms with Crippen LogP contribution in [-0.2, 0) is 4.79 Å². The van der Waals surface area contributed by atoms with Gasteiger partial charge in [0.1, 0.15) is 0 Å². The lowest BCUT2D eigenvalue weighted by Crippen LogP contribution is -2.31. The Hall–Kier alpha value is -3.35. The van der Waals surface area contributed by atoms with Gasteiger partial charge in [-0.2, -0.15) is 5.10 Å². The number of benzene rings is 2. The minimum absolute atomic E-state index is 0.138. The molecule has 0 radical (unpaired) electrons. The average molecular weight is 394 g/mol. The first kappa shape index (κ1) is 20.4. The highest BCUT2D eigenvalue weighted by molar-refractivity contribution is 5.97. The molecule has 0 atom stereocenters. The molecule has 0 bridgehead atoms. The van der Waals surface area contributed by atoms with Gasteiger partial charge in [-0.3, -0.25) is 4.79 Å². The molecule has 0 saturated carbocycles. The number of nitrogens with zero attached hydrogens (tertiary/aromatic N) is 3. The van der Waals surface area contributed by atoms with Crippen molar-refractivity contribution in [3.05, 3.63) is 48.2 Å². The summed E-state index contributed by atoms with van der Waals surface area (Å²) in [7, 11) is 1.83. The number of rotatable bonds is 8. The topological polar surface area (TPSA) is 76.6 Å². The van der Waals surface area contributed by atoms with Gasteiger partial charge in [0.2, 0.25) is 5.91 Å². The molecule has 29 heavy (non-hydrogen) atoms. The number of hydrogen-bond acceptors (Lipinski definition) is 6. The van der Waals surface area contributed by atoms with E-state index in [0.717, 1.165) is 16.5 Å². The average Bonchev–Trinajstić information content (AvgIpc) is 2.70. The summed E-state index contributed by atoms with van der Waals surface area (Å²) in [6.45, 7) is 6.94. The number of hydrogen-bond donors (Lipinski definition) is 1. The number of likely N-dealkylation sites (N-methyl/N-ethyl adjacent to an activating group) is 1. The fourth-order valence-electron chi connectivity index (χ4n) is 3.13. The van der Waals surface area contributed by atoms with E-state index in [0.29, 0.717) is 36.2 Å². The van der Waals surface area contributed by atoms with Gasteiger partial charge in [0, 0.05) is 29.6 Å². The standard InChI is InChI=1S/C22H26N4O3/c1-5-28-19-12-11-16(13-20(19)29-6-2)23-21(27)14-26(4)22-18-10-8-7-9-17(18)15(3)24-25-22/h7-13H,5-6,14H2,1-4H3,(H,23,27). The Bertz CT molecular complexity index is 1010. The van der Waals surface area contributed by atoms with Gasteiger partial charge < -0.3 is 19.7 Å². The second kappa shape index (κ2) is 9.23. The number of carbonyl (C=O) groups excluding carboxylic acids is 1. The zero-order chi connectivity index (χ0) is 20.8. The Morgan fingerprint density at radius 3 is 2.41 bits per heavy atom. The maximum Gasteiger partial charge on any atom is 0.243 e. The Balaban J connectivity index is 1.74. The van der Waals surface area contributed by atoms with Gasteiger partial charge in [-0.1, -0.05) is 24.3 Å². The lowest BCUT2D eigenvalue weighted by molar-refractivity contribution is -0.114. The van der Waals surface area contributed by atoms with Crippen LogP contribution in [-0.4, -0.2) is 42.9 Å². The Labute approximate surface area is 170 Å². The van der Waals surface area contributed by atoms with Crippen LogP contribution in [0.15, 0.2) is 42.5 Å². The van der Waals surface area contributed by atoms with Gasteiger partial charge in [0.15, 0.2) is 17.3 Å². The molecular formula is C22H26N4O3. The number of aromatic nitrogens is 2. The Kier molecular flexibility index (Phi) is 6.49. The van der Waals surface area contributed by atoms with E-state index in [1.807, 2.05) is 52.1 Å². The molecule has 2 aromatic carbocycles. The summed E-state index contributed by atoms with van der Waals surface area (Å²) in [5, 5.41) is 13.4. The second-order valence-corrected chi connectivity index (χ2v) is 6.59. The molecule has 7 heteroatoms. The Morgan fingerprint density at radius 1 is 1.00 bits per heavy atom. The molecule has 1 amide bonds. The number of amides is 1. The van der Waals surface area contributed by atoms with E-state index < -0.39 is 0 Å². The number of ether oxygens (including phenoxy) is 2. The molecule has 0 unspecified atom stereocenters. The molecule has 1 heterocycles. The van der Waals surface area contributed by atoms with Crippen molar-refractivity contribution in [3.63, 3.8) is 0 Å². The van der Waals surface area contributed by atoms with Gasteiger partial charge in [-0.25, -0.2) is 0 Å². The van der Waals surface area contributed by atoms with Gasteiger partial charge in [-0.15, -0.1) is 5.10 Å². The van der Waals surface area contributed by atoms with Crippen LogP contribution in [0.4, 0.5) is 11.5 Å². The summed E-state index contributed by atoms with van der Waals surface area (Å²) in [4.78, 5) is 14.4. The lowest BCUT2D eigenvalue weighted by atomic mass is 10.1. The van der Waals surface area contributed by atoms with Crippen molar-refractivity contribution >= 4 is 28.2 Å². The van der Waals surface area contributed by atoms with Crippen molar-refractivity contribution in [2.24, 2.45) is 0 Å². The third kappa shape index (κ3) is 4.74. The van der Waals surface area contributed by atoms with Gasteiger partial charge in [-0.05, 0) is 32.9 Å². The number of anilines is 2. The molecule has 7 nitrogen and oxygen atoms in total. The van der Waals surface area contributed by atoms with Crippen LogP contribution in [0.3, 0.4) is 0 Å². The second-order valence-electron chi connectivity index (χ2n) is 6.59. The molecule has 3 aromatic rings. The Morgan fingerprint density at radius 2 is 1.69 bits per heavy atom. The first-order chi connectivity index (χ1) is 14.0. The van der Waals surface area contributed by atoms with E-state index in [4.69, 9.17) is 9.47 Å². The summed E-state index contributed by atoms with van der Waals surface area (Å²) < 4.78 is 11.2. The first-order valence-electron chi connectivity index (χ1n) is 9.66. The van der Waals surface area contributed by atoms with Gasteiger partial charge >= 0.3 is 0 Å². The van der Waals surface area contributed by atoms with Crippen LogP contribution in [0, 0.1) is 6.92 Å².